The molecule has 0 fully saturated rings. The molecule has 19 heavy (non-hydrogen) atoms. The van der Waals surface area contributed by atoms with Crippen molar-refractivity contribution in [3.8, 4) is 5.75 Å². The zero-order chi connectivity index (χ0) is 13.5. The van der Waals surface area contributed by atoms with Gasteiger partial charge in [-0.15, -0.1) is 11.3 Å². The highest BCUT2D eigenvalue weighted by atomic mass is 32.1. The van der Waals surface area contributed by atoms with E-state index in [0.29, 0.717) is 6.61 Å². The van der Waals surface area contributed by atoms with Gasteiger partial charge in [0.1, 0.15) is 5.75 Å². The summed E-state index contributed by atoms with van der Waals surface area (Å²) >= 11 is 1.63. The van der Waals surface area contributed by atoms with Crippen molar-refractivity contribution in [2.45, 2.75) is 26.3 Å². The third-order valence-electron chi connectivity index (χ3n) is 2.85. The molecule has 0 saturated carbocycles. The SMILES string of the molecule is CCCNC(c1cccc(OCC)c1)c1cscn1. The fraction of sp³-hybridized carbons (Fsp3) is 0.400. The van der Waals surface area contributed by atoms with Crippen LogP contribution < -0.4 is 10.1 Å². The molecule has 0 aliphatic heterocycles. The average molecular weight is 276 g/mol. The summed E-state index contributed by atoms with van der Waals surface area (Å²) in [5.41, 5.74) is 4.15. The van der Waals surface area contributed by atoms with Crippen LogP contribution in [0.15, 0.2) is 35.2 Å². The lowest BCUT2D eigenvalue weighted by atomic mass is 10.0. The van der Waals surface area contributed by atoms with E-state index >= 15 is 0 Å². The van der Waals surface area contributed by atoms with Gasteiger partial charge in [0.15, 0.2) is 0 Å². The average Bonchev–Trinajstić information content (AvgIpc) is 2.94. The summed E-state index contributed by atoms with van der Waals surface area (Å²) in [7, 11) is 0. The summed E-state index contributed by atoms with van der Waals surface area (Å²) < 4.78 is 5.57. The van der Waals surface area contributed by atoms with Gasteiger partial charge in [-0.3, -0.25) is 0 Å². The van der Waals surface area contributed by atoms with Crippen LogP contribution in [0, 0.1) is 0 Å². The molecular formula is C15H20N2OS. The van der Waals surface area contributed by atoms with E-state index in [1.807, 2.05) is 24.6 Å². The van der Waals surface area contributed by atoms with E-state index in [9.17, 15) is 0 Å². The summed E-state index contributed by atoms with van der Waals surface area (Å²) in [6.45, 7) is 5.83. The Morgan fingerprint density at radius 1 is 1.37 bits per heavy atom. The van der Waals surface area contributed by atoms with E-state index in [1.54, 1.807) is 11.3 Å². The van der Waals surface area contributed by atoms with Crippen LogP contribution in [0.3, 0.4) is 0 Å². The second kappa shape index (κ2) is 7.26. The lowest BCUT2D eigenvalue weighted by Gasteiger charge is -2.18. The molecule has 1 N–H and O–H groups in total. The molecule has 1 aromatic heterocycles. The number of ether oxygens (including phenoxy) is 1. The van der Waals surface area contributed by atoms with Gasteiger partial charge in [-0.05, 0) is 37.6 Å². The minimum Gasteiger partial charge on any atom is -0.494 e. The number of thiazole rings is 1. The number of hydrogen-bond donors (Lipinski definition) is 1. The first-order valence-electron chi connectivity index (χ1n) is 6.69. The summed E-state index contributed by atoms with van der Waals surface area (Å²) in [5.74, 6) is 0.915. The molecule has 102 valence electrons. The van der Waals surface area contributed by atoms with Crippen LogP contribution in [-0.2, 0) is 0 Å². The van der Waals surface area contributed by atoms with Crippen LogP contribution in [0.4, 0.5) is 0 Å². The standard InChI is InChI=1S/C15H20N2OS/c1-3-8-16-15(14-10-19-11-17-14)12-6-5-7-13(9-12)18-4-2/h5-7,9-11,15-16H,3-4,8H2,1-2H3. The zero-order valence-corrected chi connectivity index (χ0v) is 12.2. The monoisotopic (exact) mass is 276 g/mol. The highest BCUT2D eigenvalue weighted by Crippen LogP contribution is 2.25. The van der Waals surface area contributed by atoms with Gasteiger partial charge in [0.25, 0.3) is 0 Å². The lowest BCUT2D eigenvalue weighted by molar-refractivity contribution is 0.339. The van der Waals surface area contributed by atoms with Gasteiger partial charge < -0.3 is 10.1 Å². The quantitative estimate of drug-likeness (QED) is 0.838. The van der Waals surface area contributed by atoms with Gasteiger partial charge in [0, 0.05) is 5.38 Å². The summed E-state index contributed by atoms with van der Waals surface area (Å²) in [6.07, 6.45) is 1.10. The number of nitrogens with zero attached hydrogens (tertiary/aromatic N) is 1. The van der Waals surface area contributed by atoms with E-state index in [4.69, 9.17) is 4.74 Å². The molecule has 1 heterocycles. The molecule has 0 amide bonds. The summed E-state index contributed by atoms with van der Waals surface area (Å²) in [4.78, 5) is 4.44. The Morgan fingerprint density at radius 3 is 2.95 bits per heavy atom. The first-order valence-corrected chi connectivity index (χ1v) is 7.63. The predicted molar refractivity (Wildman–Crippen MR) is 79.9 cm³/mol. The highest BCUT2D eigenvalue weighted by molar-refractivity contribution is 7.07. The van der Waals surface area contributed by atoms with Crippen molar-refractivity contribution < 1.29 is 4.74 Å². The Bertz CT molecular complexity index is 485. The number of benzene rings is 1. The summed E-state index contributed by atoms with van der Waals surface area (Å²) in [5, 5.41) is 5.64. The largest absolute Gasteiger partial charge is 0.494 e. The Labute approximate surface area is 118 Å². The molecule has 1 aromatic carbocycles. The zero-order valence-electron chi connectivity index (χ0n) is 11.4. The van der Waals surface area contributed by atoms with Gasteiger partial charge in [-0.1, -0.05) is 19.1 Å². The maximum Gasteiger partial charge on any atom is 0.119 e. The van der Waals surface area contributed by atoms with Gasteiger partial charge >= 0.3 is 0 Å². The fourth-order valence-corrected chi connectivity index (χ4v) is 2.58. The Balaban J connectivity index is 2.24. The predicted octanol–water partition coefficient (Wildman–Crippen LogP) is 3.63. The van der Waals surface area contributed by atoms with Crippen LogP contribution in [0.2, 0.25) is 0 Å². The molecular weight excluding hydrogens is 256 g/mol. The fourth-order valence-electron chi connectivity index (χ4n) is 2.00. The van der Waals surface area contributed by atoms with Gasteiger partial charge in [-0.25, -0.2) is 4.98 Å². The van der Waals surface area contributed by atoms with Crippen molar-refractivity contribution in [1.82, 2.24) is 10.3 Å². The molecule has 0 spiro atoms. The maximum absolute atomic E-state index is 5.57. The molecule has 0 bridgehead atoms. The molecule has 1 unspecified atom stereocenters. The van der Waals surface area contributed by atoms with Crippen LogP contribution in [0.1, 0.15) is 37.6 Å². The van der Waals surface area contributed by atoms with Crippen molar-refractivity contribution >= 4 is 11.3 Å². The first-order chi connectivity index (χ1) is 9.35. The van der Waals surface area contributed by atoms with Crippen molar-refractivity contribution in [2.24, 2.45) is 0 Å². The lowest BCUT2D eigenvalue weighted by Crippen LogP contribution is -2.23. The Kier molecular flexibility index (Phi) is 5.36. The third kappa shape index (κ3) is 3.78. The van der Waals surface area contributed by atoms with Crippen molar-refractivity contribution in [2.75, 3.05) is 13.2 Å². The molecule has 0 radical (unpaired) electrons. The van der Waals surface area contributed by atoms with Gasteiger partial charge in [-0.2, -0.15) is 0 Å². The molecule has 4 heteroatoms. The van der Waals surface area contributed by atoms with Crippen LogP contribution in [0.25, 0.3) is 0 Å². The number of hydrogen-bond acceptors (Lipinski definition) is 4. The molecule has 0 aliphatic rings. The molecule has 2 aromatic rings. The third-order valence-corrected chi connectivity index (χ3v) is 3.45. The van der Waals surface area contributed by atoms with E-state index in [-0.39, 0.29) is 6.04 Å². The number of aromatic nitrogens is 1. The topological polar surface area (TPSA) is 34.1 Å². The minimum atomic E-state index is 0.145. The van der Waals surface area contributed by atoms with E-state index in [1.165, 1.54) is 5.56 Å². The molecule has 2 rings (SSSR count). The van der Waals surface area contributed by atoms with E-state index in [2.05, 4.69) is 34.7 Å². The van der Waals surface area contributed by atoms with E-state index < -0.39 is 0 Å². The second-order valence-electron chi connectivity index (χ2n) is 4.31. The minimum absolute atomic E-state index is 0.145. The van der Waals surface area contributed by atoms with Crippen molar-refractivity contribution in [3.63, 3.8) is 0 Å². The van der Waals surface area contributed by atoms with E-state index in [0.717, 1.165) is 24.4 Å². The van der Waals surface area contributed by atoms with Crippen LogP contribution in [0.5, 0.6) is 5.75 Å². The Hall–Kier alpha value is -1.39. The normalized spacial score (nSPS) is 12.3. The molecule has 0 aliphatic carbocycles. The molecule has 1 atom stereocenters. The molecule has 0 saturated heterocycles. The van der Waals surface area contributed by atoms with Gasteiger partial charge in [0.2, 0.25) is 0 Å². The summed E-state index contributed by atoms with van der Waals surface area (Å²) in [6, 6.07) is 8.38. The van der Waals surface area contributed by atoms with Crippen LogP contribution in [-0.4, -0.2) is 18.1 Å². The molecule has 3 nitrogen and oxygen atoms in total. The second-order valence-corrected chi connectivity index (χ2v) is 5.02. The first kappa shape index (κ1) is 14.0. The van der Waals surface area contributed by atoms with Crippen molar-refractivity contribution in [3.05, 3.63) is 46.4 Å². The number of rotatable bonds is 7. The van der Waals surface area contributed by atoms with Gasteiger partial charge in [0.05, 0.1) is 23.9 Å². The maximum atomic E-state index is 5.57. The van der Waals surface area contributed by atoms with Crippen molar-refractivity contribution in [1.29, 1.82) is 0 Å². The van der Waals surface area contributed by atoms with Crippen LogP contribution >= 0.6 is 11.3 Å². The number of nitrogens with one attached hydrogen (secondary N) is 1. The smallest absolute Gasteiger partial charge is 0.119 e. The Morgan fingerprint density at radius 2 is 2.26 bits per heavy atom. The highest BCUT2D eigenvalue weighted by Gasteiger charge is 2.15.